The Kier molecular flexibility index (Phi) is 7.93. The molecule has 0 aliphatic carbocycles. The molecule has 0 bridgehead atoms. The highest BCUT2D eigenvalue weighted by Gasteiger charge is 2.25. The fourth-order valence-corrected chi connectivity index (χ4v) is 3.92. The summed E-state index contributed by atoms with van der Waals surface area (Å²) in [5, 5.41) is 3.17. The highest BCUT2D eigenvalue weighted by Crippen LogP contribution is 2.28. The Labute approximate surface area is 184 Å². The molecule has 2 aromatic carbocycles. The summed E-state index contributed by atoms with van der Waals surface area (Å²) < 4.78 is 11.6. The predicted molar refractivity (Wildman–Crippen MR) is 120 cm³/mol. The number of carbonyl (C=O) groups excluding carboxylic acids is 2. The summed E-state index contributed by atoms with van der Waals surface area (Å²) in [6, 6.07) is 15.3. The fraction of sp³-hybridized carbons (Fsp3) is 0.440. The Morgan fingerprint density at radius 2 is 1.84 bits per heavy atom. The maximum atomic E-state index is 13.3. The second kappa shape index (κ2) is 10.8. The number of benzene rings is 2. The quantitative estimate of drug-likeness (QED) is 0.684. The minimum Gasteiger partial charge on any atom is -0.497 e. The number of hydrogen-bond acceptors (Lipinski definition) is 4. The Morgan fingerprint density at radius 3 is 2.45 bits per heavy atom. The number of carbonyl (C=O) groups is 2. The van der Waals surface area contributed by atoms with Gasteiger partial charge in [-0.25, -0.2) is 0 Å². The van der Waals surface area contributed by atoms with Crippen molar-refractivity contribution >= 4 is 11.8 Å². The topological polar surface area (TPSA) is 67.9 Å². The summed E-state index contributed by atoms with van der Waals surface area (Å²) in [4.78, 5) is 26.7. The molecule has 3 rings (SSSR count). The largest absolute Gasteiger partial charge is 0.497 e. The van der Waals surface area contributed by atoms with Crippen molar-refractivity contribution in [3.8, 4) is 11.5 Å². The van der Waals surface area contributed by atoms with Crippen molar-refractivity contribution in [2.45, 2.75) is 51.7 Å². The molecule has 31 heavy (non-hydrogen) atoms. The molecule has 0 unspecified atom stereocenters. The van der Waals surface area contributed by atoms with Gasteiger partial charge in [0.1, 0.15) is 17.6 Å². The molecule has 2 amide bonds. The van der Waals surface area contributed by atoms with E-state index in [0.29, 0.717) is 30.2 Å². The van der Waals surface area contributed by atoms with Gasteiger partial charge >= 0.3 is 0 Å². The maximum absolute atomic E-state index is 13.3. The van der Waals surface area contributed by atoms with Crippen molar-refractivity contribution < 1.29 is 19.1 Å². The van der Waals surface area contributed by atoms with Crippen LogP contribution in [0.1, 0.15) is 61.5 Å². The Balaban J connectivity index is 1.77. The minimum absolute atomic E-state index is 0.0314. The van der Waals surface area contributed by atoms with Crippen LogP contribution in [0.4, 0.5) is 0 Å². The average Bonchev–Trinajstić information content (AvgIpc) is 2.80. The van der Waals surface area contributed by atoms with Gasteiger partial charge < -0.3 is 19.7 Å². The standard InChI is InChI=1S/C25H32N2O4/c1-4-8-23(19-9-6-5-7-10-19)26-25(29)22-17-21(30-3)11-12-24(22)31-20-13-15-27(16-14-20)18(2)28/h5-7,9-12,17,20,23H,4,8,13-16H2,1-3H3,(H,26,29)/t23-/m0/s1. The molecule has 2 aromatic rings. The smallest absolute Gasteiger partial charge is 0.255 e. The van der Waals surface area contributed by atoms with Crippen molar-refractivity contribution in [1.29, 1.82) is 0 Å². The molecule has 6 nitrogen and oxygen atoms in total. The van der Waals surface area contributed by atoms with E-state index in [4.69, 9.17) is 9.47 Å². The summed E-state index contributed by atoms with van der Waals surface area (Å²) in [5.74, 6) is 1.06. The fourth-order valence-electron chi connectivity index (χ4n) is 3.92. The van der Waals surface area contributed by atoms with E-state index in [9.17, 15) is 9.59 Å². The van der Waals surface area contributed by atoms with Crippen molar-refractivity contribution in [1.82, 2.24) is 10.2 Å². The van der Waals surface area contributed by atoms with Crippen LogP contribution < -0.4 is 14.8 Å². The van der Waals surface area contributed by atoms with E-state index in [1.807, 2.05) is 35.2 Å². The van der Waals surface area contributed by atoms with Gasteiger partial charge in [-0.3, -0.25) is 9.59 Å². The highest BCUT2D eigenvalue weighted by molar-refractivity contribution is 5.97. The molecular weight excluding hydrogens is 392 g/mol. The molecule has 1 atom stereocenters. The Hall–Kier alpha value is -3.02. The van der Waals surface area contributed by atoms with E-state index in [0.717, 1.165) is 31.2 Å². The van der Waals surface area contributed by atoms with Crippen LogP contribution in [0.5, 0.6) is 11.5 Å². The number of methoxy groups -OCH3 is 1. The van der Waals surface area contributed by atoms with E-state index in [1.54, 1.807) is 32.2 Å². The first kappa shape index (κ1) is 22.7. The van der Waals surface area contributed by atoms with E-state index in [1.165, 1.54) is 0 Å². The van der Waals surface area contributed by atoms with Gasteiger partial charge in [0.15, 0.2) is 0 Å². The first-order valence-electron chi connectivity index (χ1n) is 11.0. The molecule has 166 valence electrons. The number of likely N-dealkylation sites (tertiary alicyclic amines) is 1. The van der Waals surface area contributed by atoms with Crippen LogP contribution in [0, 0.1) is 0 Å². The predicted octanol–water partition coefficient (Wildman–Crippen LogP) is 4.36. The lowest BCUT2D eigenvalue weighted by Crippen LogP contribution is -2.40. The number of hydrogen-bond donors (Lipinski definition) is 1. The Bertz CT molecular complexity index is 876. The van der Waals surface area contributed by atoms with Crippen LogP contribution in [0.25, 0.3) is 0 Å². The van der Waals surface area contributed by atoms with E-state index in [-0.39, 0.29) is 24.0 Å². The zero-order valence-electron chi connectivity index (χ0n) is 18.6. The van der Waals surface area contributed by atoms with Crippen molar-refractivity contribution in [2.24, 2.45) is 0 Å². The maximum Gasteiger partial charge on any atom is 0.255 e. The lowest BCUT2D eigenvalue weighted by Gasteiger charge is -2.32. The molecule has 1 N–H and O–H groups in total. The highest BCUT2D eigenvalue weighted by atomic mass is 16.5. The average molecular weight is 425 g/mol. The zero-order chi connectivity index (χ0) is 22.2. The van der Waals surface area contributed by atoms with Gasteiger partial charge in [-0.05, 0) is 30.2 Å². The first-order chi connectivity index (χ1) is 15.0. The van der Waals surface area contributed by atoms with Crippen LogP contribution in [-0.2, 0) is 4.79 Å². The number of nitrogens with one attached hydrogen (secondary N) is 1. The Morgan fingerprint density at radius 1 is 1.13 bits per heavy atom. The number of piperidine rings is 1. The molecule has 1 saturated heterocycles. The van der Waals surface area contributed by atoms with Crippen LogP contribution in [0.2, 0.25) is 0 Å². The third kappa shape index (κ3) is 6.00. The molecular formula is C25H32N2O4. The number of rotatable bonds is 8. The molecule has 0 spiro atoms. The van der Waals surface area contributed by atoms with Gasteiger partial charge in [0.05, 0.1) is 18.7 Å². The molecule has 1 aliphatic heterocycles. The number of amides is 2. The summed E-state index contributed by atoms with van der Waals surface area (Å²) >= 11 is 0. The van der Waals surface area contributed by atoms with Crippen molar-refractivity contribution in [2.75, 3.05) is 20.2 Å². The zero-order valence-corrected chi connectivity index (χ0v) is 18.6. The van der Waals surface area contributed by atoms with Gasteiger partial charge in [0, 0.05) is 32.9 Å². The summed E-state index contributed by atoms with van der Waals surface area (Å²) in [6.07, 6.45) is 3.26. The van der Waals surface area contributed by atoms with E-state index < -0.39 is 0 Å². The third-order valence-corrected chi connectivity index (χ3v) is 5.70. The van der Waals surface area contributed by atoms with E-state index >= 15 is 0 Å². The van der Waals surface area contributed by atoms with Gasteiger partial charge in [-0.2, -0.15) is 0 Å². The molecule has 6 heteroatoms. The molecule has 0 aromatic heterocycles. The molecule has 0 radical (unpaired) electrons. The van der Waals surface area contributed by atoms with Gasteiger partial charge in [-0.15, -0.1) is 0 Å². The second-order valence-corrected chi connectivity index (χ2v) is 7.91. The monoisotopic (exact) mass is 424 g/mol. The van der Waals surface area contributed by atoms with Crippen LogP contribution in [0.3, 0.4) is 0 Å². The normalized spacial score (nSPS) is 15.3. The second-order valence-electron chi connectivity index (χ2n) is 7.91. The molecule has 1 aliphatic rings. The third-order valence-electron chi connectivity index (χ3n) is 5.70. The van der Waals surface area contributed by atoms with Crippen molar-refractivity contribution in [3.05, 3.63) is 59.7 Å². The van der Waals surface area contributed by atoms with Gasteiger partial charge in [0.25, 0.3) is 5.91 Å². The lowest BCUT2D eigenvalue weighted by molar-refractivity contribution is -0.130. The van der Waals surface area contributed by atoms with Crippen LogP contribution >= 0.6 is 0 Å². The van der Waals surface area contributed by atoms with Crippen molar-refractivity contribution in [3.63, 3.8) is 0 Å². The lowest BCUT2D eigenvalue weighted by atomic mass is 10.0. The van der Waals surface area contributed by atoms with E-state index in [2.05, 4.69) is 12.2 Å². The number of ether oxygens (including phenoxy) is 2. The summed E-state index contributed by atoms with van der Waals surface area (Å²) in [6.45, 7) is 5.04. The summed E-state index contributed by atoms with van der Waals surface area (Å²) in [5.41, 5.74) is 1.55. The summed E-state index contributed by atoms with van der Waals surface area (Å²) in [7, 11) is 1.58. The van der Waals surface area contributed by atoms with Gasteiger partial charge in [0.2, 0.25) is 5.91 Å². The molecule has 1 heterocycles. The van der Waals surface area contributed by atoms with Crippen LogP contribution in [0.15, 0.2) is 48.5 Å². The minimum atomic E-state index is -0.183. The molecule has 0 saturated carbocycles. The SMILES string of the molecule is CCC[C@H](NC(=O)c1cc(OC)ccc1OC1CCN(C(C)=O)CC1)c1ccccc1. The number of nitrogens with zero attached hydrogens (tertiary/aromatic N) is 1. The first-order valence-corrected chi connectivity index (χ1v) is 11.0. The van der Waals surface area contributed by atoms with Crippen LogP contribution in [-0.4, -0.2) is 43.0 Å². The van der Waals surface area contributed by atoms with Gasteiger partial charge in [-0.1, -0.05) is 43.7 Å². The molecule has 1 fully saturated rings.